The molecule has 2 fully saturated rings. The average Bonchev–Trinajstić information content (AvgIpc) is 3.43. The van der Waals surface area contributed by atoms with Crippen LogP contribution < -0.4 is 5.32 Å². The van der Waals surface area contributed by atoms with Crippen LogP contribution in [0, 0.1) is 5.92 Å². The lowest BCUT2D eigenvalue weighted by atomic mass is 10.0. The predicted octanol–water partition coefficient (Wildman–Crippen LogP) is 2.41. The summed E-state index contributed by atoms with van der Waals surface area (Å²) in [5, 5.41) is 17.5. The molecule has 0 aliphatic carbocycles. The minimum atomic E-state index is -0.112. The van der Waals surface area contributed by atoms with Gasteiger partial charge in [-0.2, -0.15) is 5.10 Å². The van der Waals surface area contributed by atoms with E-state index in [1.54, 1.807) is 0 Å². The first-order chi connectivity index (χ1) is 15.6. The van der Waals surface area contributed by atoms with E-state index in [1.807, 2.05) is 17.9 Å². The molecular formula is C25H38N6O. The molecule has 0 radical (unpaired) electrons. The molecule has 2 saturated heterocycles. The molecule has 32 heavy (non-hydrogen) atoms. The smallest absolute Gasteiger partial charge is 0.194 e. The summed E-state index contributed by atoms with van der Waals surface area (Å²) in [6, 6.07) is 8.86. The number of guanidine groups is 1. The van der Waals surface area contributed by atoms with Crippen LogP contribution in [0.1, 0.15) is 42.9 Å². The lowest BCUT2D eigenvalue weighted by Crippen LogP contribution is -2.40. The molecule has 0 saturated carbocycles. The van der Waals surface area contributed by atoms with Gasteiger partial charge < -0.3 is 15.3 Å². The number of aliphatic imine (C=N–C) groups is 1. The van der Waals surface area contributed by atoms with E-state index in [-0.39, 0.29) is 6.10 Å². The zero-order valence-electron chi connectivity index (χ0n) is 19.6. The van der Waals surface area contributed by atoms with E-state index < -0.39 is 0 Å². The van der Waals surface area contributed by atoms with Crippen LogP contribution in [0.15, 0.2) is 41.7 Å². The Balaban J connectivity index is 1.30. The van der Waals surface area contributed by atoms with Gasteiger partial charge in [0.15, 0.2) is 5.96 Å². The molecule has 0 spiro atoms. The number of piperidine rings is 1. The van der Waals surface area contributed by atoms with Gasteiger partial charge in [0.25, 0.3) is 0 Å². The van der Waals surface area contributed by atoms with Crippen molar-refractivity contribution in [2.75, 3.05) is 32.7 Å². The third-order valence-electron chi connectivity index (χ3n) is 6.60. The highest BCUT2D eigenvalue weighted by molar-refractivity contribution is 5.80. The molecule has 2 N–H and O–H groups in total. The summed E-state index contributed by atoms with van der Waals surface area (Å²) < 4.78 is 1.88. The highest BCUT2D eigenvalue weighted by Crippen LogP contribution is 2.21. The second-order valence-electron chi connectivity index (χ2n) is 9.32. The van der Waals surface area contributed by atoms with Crippen molar-refractivity contribution in [2.24, 2.45) is 18.0 Å². The van der Waals surface area contributed by atoms with Crippen molar-refractivity contribution in [3.63, 3.8) is 0 Å². The largest absolute Gasteiger partial charge is 0.393 e. The minimum absolute atomic E-state index is 0.112. The van der Waals surface area contributed by atoms with Crippen LogP contribution in [0.25, 0.3) is 0 Å². The number of likely N-dealkylation sites (tertiary alicyclic amines) is 2. The number of nitrogens with one attached hydrogen (secondary N) is 1. The van der Waals surface area contributed by atoms with Crippen LogP contribution in [-0.2, 0) is 26.6 Å². The molecule has 7 heteroatoms. The molecule has 0 bridgehead atoms. The van der Waals surface area contributed by atoms with Crippen molar-refractivity contribution >= 4 is 5.96 Å². The van der Waals surface area contributed by atoms with Crippen LogP contribution in [-0.4, -0.2) is 69.5 Å². The standard InChI is InChI=1S/C25H38N6O/c1-3-26-25(31-13-8-22(19-31)14-23-16-28-29(2)17-23)27-15-20-4-6-21(7-5-20)18-30-11-9-24(32)10-12-30/h4-7,16-17,22,24,32H,3,8-15,18-19H2,1-2H3,(H,26,27). The molecule has 0 amide bonds. The Hall–Kier alpha value is -2.38. The fourth-order valence-corrected chi connectivity index (χ4v) is 4.78. The number of aliphatic hydroxyl groups excluding tert-OH is 1. The van der Waals surface area contributed by atoms with Crippen molar-refractivity contribution in [3.8, 4) is 0 Å². The molecule has 1 aromatic carbocycles. The number of aromatic nitrogens is 2. The van der Waals surface area contributed by atoms with Gasteiger partial charge in [-0.1, -0.05) is 24.3 Å². The van der Waals surface area contributed by atoms with Crippen molar-refractivity contribution in [3.05, 3.63) is 53.3 Å². The van der Waals surface area contributed by atoms with E-state index in [4.69, 9.17) is 4.99 Å². The zero-order valence-corrected chi connectivity index (χ0v) is 19.6. The van der Waals surface area contributed by atoms with Gasteiger partial charge in [-0.05, 0) is 55.2 Å². The Morgan fingerprint density at radius 1 is 1.09 bits per heavy atom. The molecule has 1 aromatic heterocycles. The van der Waals surface area contributed by atoms with Crippen LogP contribution in [0.4, 0.5) is 0 Å². The van der Waals surface area contributed by atoms with E-state index in [2.05, 4.69) is 57.6 Å². The molecule has 2 aromatic rings. The molecule has 174 valence electrons. The minimum Gasteiger partial charge on any atom is -0.393 e. The topological polar surface area (TPSA) is 68.9 Å². The third kappa shape index (κ3) is 6.33. The fourth-order valence-electron chi connectivity index (χ4n) is 4.78. The van der Waals surface area contributed by atoms with Gasteiger partial charge in [0, 0.05) is 52.5 Å². The van der Waals surface area contributed by atoms with E-state index in [1.165, 1.54) is 23.1 Å². The number of aliphatic hydroxyl groups is 1. The monoisotopic (exact) mass is 438 g/mol. The van der Waals surface area contributed by atoms with E-state index in [0.29, 0.717) is 12.5 Å². The molecule has 2 aliphatic heterocycles. The first-order valence-corrected chi connectivity index (χ1v) is 12.1. The summed E-state index contributed by atoms with van der Waals surface area (Å²) in [5.74, 6) is 1.68. The highest BCUT2D eigenvalue weighted by Gasteiger charge is 2.25. The maximum absolute atomic E-state index is 9.68. The third-order valence-corrected chi connectivity index (χ3v) is 6.60. The van der Waals surface area contributed by atoms with Crippen molar-refractivity contribution < 1.29 is 5.11 Å². The number of hydrogen-bond donors (Lipinski definition) is 2. The van der Waals surface area contributed by atoms with Gasteiger partial charge in [0.1, 0.15) is 0 Å². The molecule has 4 rings (SSSR count). The number of nitrogens with zero attached hydrogens (tertiary/aromatic N) is 5. The Labute approximate surface area is 192 Å². The number of benzene rings is 1. The fraction of sp³-hybridized carbons (Fsp3) is 0.600. The molecule has 1 atom stereocenters. The molecule has 3 heterocycles. The van der Waals surface area contributed by atoms with E-state index >= 15 is 0 Å². The maximum atomic E-state index is 9.68. The molecule has 2 aliphatic rings. The molecule has 7 nitrogen and oxygen atoms in total. The van der Waals surface area contributed by atoms with Gasteiger partial charge in [-0.15, -0.1) is 0 Å². The maximum Gasteiger partial charge on any atom is 0.194 e. The first-order valence-electron chi connectivity index (χ1n) is 12.1. The normalized spacial score (nSPS) is 20.8. The van der Waals surface area contributed by atoms with Gasteiger partial charge in [0.2, 0.25) is 0 Å². The van der Waals surface area contributed by atoms with E-state index in [0.717, 1.165) is 64.5 Å². The van der Waals surface area contributed by atoms with Crippen LogP contribution in [0.3, 0.4) is 0 Å². The Morgan fingerprint density at radius 3 is 2.53 bits per heavy atom. The van der Waals surface area contributed by atoms with Gasteiger partial charge in [0.05, 0.1) is 18.8 Å². The highest BCUT2D eigenvalue weighted by atomic mass is 16.3. The quantitative estimate of drug-likeness (QED) is 0.513. The second kappa shape index (κ2) is 11.0. The molecular weight excluding hydrogens is 400 g/mol. The molecule has 1 unspecified atom stereocenters. The summed E-state index contributed by atoms with van der Waals surface area (Å²) in [5.41, 5.74) is 3.89. The lowest BCUT2D eigenvalue weighted by Gasteiger charge is -2.29. The summed E-state index contributed by atoms with van der Waals surface area (Å²) in [6.45, 7) is 8.74. The predicted molar refractivity (Wildman–Crippen MR) is 128 cm³/mol. The van der Waals surface area contributed by atoms with Crippen molar-refractivity contribution in [2.45, 2.75) is 51.8 Å². The number of aryl methyl sites for hydroxylation is 1. The summed E-state index contributed by atoms with van der Waals surface area (Å²) in [4.78, 5) is 9.78. The van der Waals surface area contributed by atoms with Gasteiger partial charge in [-0.25, -0.2) is 4.99 Å². The van der Waals surface area contributed by atoms with Crippen molar-refractivity contribution in [1.29, 1.82) is 0 Å². The summed E-state index contributed by atoms with van der Waals surface area (Å²) >= 11 is 0. The SMILES string of the molecule is CCNC(=NCc1ccc(CN2CCC(O)CC2)cc1)N1CCC(Cc2cnn(C)c2)C1. The Bertz CT molecular complexity index is 869. The summed E-state index contributed by atoms with van der Waals surface area (Å²) in [7, 11) is 1.98. The van der Waals surface area contributed by atoms with Gasteiger partial charge in [-0.3, -0.25) is 9.58 Å². The average molecular weight is 439 g/mol. The Kier molecular flexibility index (Phi) is 7.81. The second-order valence-corrected chi connectivity index (χ2v) is 9.32. The van der Waals surface area contributed by atoms with E-state index in [9.17, 15) is 5.11 Å². The van der Waals surface area contributed by atoms with Gasteiger partial charge >= 0.3 is 0 Å². The van der Waals surface area contributed by atoms with Crippen LogP contribution >= 0.6 is 0 Å². The number of rotatable bonds is 7. The van der Waals surface area contributed by atoms with Crippen LogP contribution in [0.5, 0.6) is 0 Å². The summed E-state index contributed by atoms with van der Waals surface area (Å²) in [6.07, 6.45) is 8.06. The van der Waals surface area contributed by atoms with Crippen molar-refractivity contribution in [1.82, 2.24) is 24.9 Å². The first kappa shape index (κ1) is 22.8. The van der Waals surface area contributed by atoms with Crippen LogP contribution in [0.2, 0.25) is 0 Å². The lowest BCUT2D eigenvalue weighted by molar-refractivity contribution is 0.0792. The number of hydrogen-bond acceptors (Lipinski definition) is 4. The zero-order chi connectivity index (χ0) is 22.3. The Morgan fingerprint density at radius 2 is 1.84 bits per heavy atom.